The Kier molecular flexibility index (Phi) is 4.91. The average Bonchev–Trinajstić information content (AvgIpc) is 3.20. The first-order chi connectivity index (χ1) is 14.7. The van der Waals surface area contributed by atoms with Gasteiger partial charge in [-0.25, -0.2) is 0 Å². The van der Waals surface area contributed by atoms with Crippen molar-refractivity contribution in [3.8, 4) is 0 Å². The standard InChI is InChI=1S/C24H25N5O/c1-17-7-5-12-20-15-21(23-25-26-27-29(23)22(17)20)16-28(24(30)19-10-6-11-19)14-13-18-8-3-2-4-9-18/h2-5,7-9,12,15,19H,6,10-11,13-14,16H2,1H3. The third-order valence-corrected chi connectivity index (χ3v) is 6.21. The molecule has 0 aliphatic heterocycles. The predicted octanol–water partition coefficient (Wildman–Crippen LogP) is 3.96. The molecule has 0 bridgehead atoms. The topological polar surface area (TPSA) is 63.4 Å². The van der Waals surface area contributed by atoms with E-state index in [-0.39, 0.29) is 11.8 Å². The Bertz CT molecular complexity index is 1200. The van der Waals surface area contributed by atoms with Crippen LogP contribution in [-0.2, 0) is 17.8 Å². The summed E-state index contributed by atoms with van der Waals surface area (Å²) in [4.78, 5) is 15.2. The van der Waals surface area contributed by atoms with Gasteiger partial charge < -0.3 is 4.90 Å². The third-order valence-electron chi connectivity index (χ3n) is 6.21. The van der Waals surface area contributed by atoms with Crippen LogP contribution in [0.1, 0.15) is 36.0 Å². The number of aryl methyl sites for hydroxylation is 1. The first-order valence-electron chi connectivity index (χ1n) is 10.6. The fraction of sp³-hybridized carbons (Fsp3) is 0.333. The Morgan fingerprint density at radius 2 is 1.97 bits per heavy atom. The molecule has 0 saturated heterocycles. The molecule has 30 heavy (non-hydrogen) atoms. The van der Waals surface area contributed by atoms with Crippen LogP contribution in [-0.4, -0.2) is 37.4 Å². The van der Waals surface area contributed by atoms with Crippen molar-refractivity contribution in [1.29, 1.82) is 0 Å². The largest absolute Gasteiger partial charge is 0.338 e. The van der Waals surface area contributed by atoms with Crippen LogP contribution in [0.5, 0.6) is 0 Å². The number of nitrogens with zero attached hydrogens (tertiary/aromatic N) is 5. The molecule has 0 unspecified atom stereocenters. The van der Waals surface area contributed by atoms with E-state index in [1.807, 2.05) is 33.7 Å². The molecule has 1 saturated carbocycles. The van der Waals surface area contributed by atoms with Gasteiger partial charge in [0.15, 0.2) is 5.65 Å². The van der Waals surface area contributed by atoms with Crippen LogP contribution < -0.4 is 0 Å². The normalized spacial score (nSPS) is 14.2. The number of aromatic nitrogens is 4. The molecule has 1 aliphatic rings. The molecule has 0 radical (unpaired) electrons. The molecule has 1 aliphatic carbocycles. The van der Waals surface area contributed by atoms with Crippen LogP contribution in [0.2, 0.25) is 0 Å². The van der Waals surface area contributed by atoms with E-state index >= 15 is 0 Å². The van der Waals surface area contributed by atoms with Gasteiger partial charge in [-0.2, -0.15) is 4.52 Å². The van der Waals surface area contributed by atoms with Crippen LogP contribution in [0.3, 0.4) is 0 Å². The number of fused-ring (bicyclic) bond motifs is 3. The molecule has 4 aromatic rings. The van der Waals surface area contributed by atoms with Gasteiger partial charge in [-0.05, 0) is 53.8 Å². The highest BCUT2D eigenvalue weighted by Gasteiger charge is 2.30. The minimum absolute atomic E-state index is 0.162. The van der Waals surface area contributed by atoms with Crippen LogP contribution in [0, 0.1) is 12.8 Å². The molecular formula is C24H25N5O. The van der Waals surface area contributed by atoms with Crippen molar-refractivity contribution in [2.24, 2.45) is 5.92 Å². The SMILES string of the molecule is Cc1cccc2cc(CN(CCc3ccccc3)C(=O)C3CCC3)c3nnnn3c12. The zero-order chi connectivity index (χ0) is 20.5. The van der Waals surface area contributed by atoms with Crippen LogP contribution in [0.15, 0.2) is 54.6 Å². The number of tetrazole rings is 1. The Morgan fingerprint density at radius 1 is 1.13 bits per heavy atom. The Morgan fingerprint density at radius 3 is 2.73 bits per heavy atom. The second-order valence-electron chi connectivity index (χ2n) is 8.22. The van der Waals surface area contributed by atoms with Gasteiger partial charge in [0.25, 0.3) is 0 Å². The third kappa shape index (κ3) is 3.43. The maximum Gasteiger partial charge on any atom is 0.225 e. The van der Waals surface area contributed by atoms with E-state index < -0.39 is 0 Å². The molecule has 2 aromatic heterocycles. The van der Waals surface area contributed by atoms with Crippen molar-refractivity contribution in [1.82, 2.24) is 24.9 Å². The van der Waals surface area contributed by atoms with Crippen molar-refractivity contribution >= 4 is 22.5 Å². The highest BCUT2D eigenvalue weighted by Crippen LogP contribution is 2.30. The first-order valence-corrected chi connectivity index (χ1v) is 10.6. The summed E-state index contributed by atoms with van der Waals surface area (Å²) in [6, 6.07) is 18.7. The molecular weight excluding hydrogens is 374 g/mol. The molecule has 0 spiro atoms. The van der Waals surface area contributed by atoms with E-state index in [0.717, 1.165) is 53.4 Å². The van der Waals surface area contributed by atoms with Crippen molar-refractivity contribution < 1.29 is 4.79 Å². The van der Waals surface area contributed by atoms with E-state index in [1.54, 1.807) is 0 Å². The lowest BCUT2D eigenvalue weighted by atomic mass is 9.84. The number of amides is 1. The number of hydrogen-bond donors (Lipinski definition) is 0. The van der Waals surface area contributed by atoms with Crippen molar-refractivity contribution in [3.63, 3.8) is 0 Å². The predicted molar refractivity (Wildman–Crippen MR) is 116 cm³/mol. The van der Waals surface area contributed by atoms with Crippen molar-refractivity contribution in [2.45, 2.75) is 39.2 Å². The Labute approximate surface area is 175 Å². The fourth-order valence-electron chi connectivity index (χ4n) is 4.29. The average molecular weight is 399 g/mol. The number of carbonyl (C=O) groups excluding carboxylic acids is 1. The summed E-state index contributed by atoms with van der Waals surface area (Å²) in [6.45, 7) is 3.28. The smallest absolute Gasteiger partial charge is 0.225 e. The Balaban J connectivity index is 1.49. The molecule has 2 aromatic carbocycles. The summed E-state index contributed by atoms with van der Waals surface area (Å²) >= 11 is 0. The fourth-order valence-corrected chi connectivity index (χ4v) is 4.29. The zero-order valence-corrected chi connectivity index (χ0v) is 17.2. The van der Waals surface area contributed by atoms with Crippen LogP contribution >= 0.6 is 0 Å². The second kappa shape index (κ2) is 7.86. The first kappa shape index (κ1) is 18.7. The lowest BCUT2D eigenvalue weighted by Crippen LogP contribution is -2.39. The highest BCUT2D eigenvalue weighted by molar-refractivity contribution is 5.86. The minimum atomic E-state index is 0.162. The van der Waals surface area contributed by atoms with E-state index in [1.165, 1.54) is 5.56 Å². The molecule has 6 nitrogen and oxygen atoms in total. The van der Waals surface area contributed by atoms with E-state index in [0.29, 0.717) is 13.1 Å². The van der Waals surface area contributed by atoms with Gasteiger partial charge in [0.1, 0.15) is 0 Å². The number of rotatable bonds is 6. The molecule has 6 heteroatoms. The number of hydrogen-bond acceptors (Lipinski definition) is 4. The minimum Gasteiger partial charge on any atom is -0.338 e. The summed E-state index contributed by atoms with van der Waals surface area (Å²) in [5, 5.41) is 13.5. The van der Waals surface area contributed by atoms with Gasteiger partial charge in [0, 0.05) is 30.0 Å². The summed E-state index contributed by atoms with van der Waals surface area (Å²) < 4.78 is 1.81. The molecule has 0 N–H and O–H groups in total. The number of pyridine rings is 1. The molecule has 1 fully saturated rings. The maximum absolute atomic E-state index is 13.2. The molecule has 0 atom stereocenters. The molecule has 5 rings (SSSR count). The number of carbonyl (C=O) groups is 1. The van der Waals surface area contributed by atoms with Gasteiger partial charge in [0.05, 0.1) is 5.52 Å². The summed E-state index contributed by atoms with van der Waals surface area (Å²) in [5.74, 6) is 0.419. The molecule has 1 amide bonds. The lowest BCUT2D eigenvalue weighted by Gasteiger charge is -2.32. The summed E-state index contributed by atoms with van der Waals surface area (Å²) in [6.07, 6.45) is 3.99. The number of para-hydroxylation sites is 1. The van der Waals surface area contributed by atoms with Crippen molar-refractivity contribution in [3.05, 3.63) is 71.3 Å². The monoisotopic (exact) mass is 399 g/mol. The number of benzene rings is 2. The lowest BCUT2D eigenvalue weighted by molar-refractivity contribution is -0.138. The van der Waals surface area contributed by atoms with E-state index in [2.05, 4.69) is 52.8 Å². The van der Waals surface area contributed by atoms with E-state index in [4.69, 9.17) is 0 Å². The molecule has 152 valence electrons. The van der Waals surface area contributed by atoms with Gasteiger partial charge in [0.2, 0.25) is 5.91 Å². The van der Waals surface area contributed by atoms with E-state index in [9.17, 15) is 4.79 Å². The molecule has 2 heterocycles. The Hall–Kier alpha value is -3.28. The van der Waals surface area contributed by atoms with Gasteiger partial charge in [-0.1, -0.05) is 55.0 Å². The van der Waals surface area contributed by atoms with Gasteiger partial charge in [-0.15, -0.1) is 5.10 Å². The summed E-state index contributed by atoms with van der Waals surface area (Å²) in [7, 11) is 0. The zero-order valence-electron chi connectivity index (χ0n) is 17.2. The quantitative estimate of drug-likeness (QED) is 0.492. The van der Waals surface area contributed by atoms with Crippen LogP contribution in [0.4, 0.5) is 0 Å². The summed E-state index contributed by atoms with van der Waals surface area (Å²) in [5.41, 5.74) is 5.10. The van der Waals surface area contributed by atoms with Crippen LogP contribution in [0.25, 0.3) is 16.6 Å². The highest BCUT2D eigenvalue weighted by atomic mass is 16.2. The van der Waals surface area contributed by atoms with Crippen molar-refractivity contribution in [2.75, 3.05) is 6.54 Å². The van der Waals surface area contributed by atoms with Gasteiger partial charge >= 0.3 is 0 Å². The maximum atomic E-state index is 13.2. The second-order valence-corrected chi connectivity index (χ2v) is 8.22. The van der Waals surface area contributed by atoms with Gasteiger partial charge in [-0.3, -0.25) is 4.79 Å².